The van der Waals surface area contributed by atoms with E-state index in [2.05, 4.69) is 44.9 Å². The van der Waals surface area contributed by atoms with Crippen molar-refractivity contribution < 1.29 is 9.53 Å². The van der Waals surface area contributed by atoms with E-state index in [1.54, 1.807) is 0 Å². The van der Waals surface area contributed by atoms with E-state index in [0.717, 1.165) is 17.6 Å². The monoisotopic (exact) mass is 338 g/mol. The second kappa shape index (κ2) is 7.57. The lowest BCUT2D eigenvalue weighted by atomic mass is 10.2. The van der Waals surface area contributed by atoms with Crippen molar-refractivity contribution in [3.05, 3.63) is 47.0 Å². The first-order valence-corrected chi connectivity index (χ1v) is 7.43. The molecule has 1 unspecified atom stereocenters. The Bertz CT molecular complexity index is 464. The molecule has 1 fully saturated rings. The lowest BCUT2D eigenvalue weighted by Crippen LogP contribution is -2.49. The summed E-state index contributed by atoms with van der Waals surface area (Å²) in [4.78, 5) is 14.2. The van der Waals surface area contributed by atoms with E-state index in [1.807, 2.05) is 18.2 Å². The Balaban J connectivity index is 1.85. The molecule has 0 aromatic heterocycles. The van der Waals surface area contributed by atoms with Gasteiger partial charge in [0.1, 0.15) is 6.10 Å². The predicted molar refractivity (Wildman–Crippen MR) is 82.5 cm³/mol. The Morgan fingerprint density at radius 3 is 2.90 bits per heavy atom. The Morgan fingerprint density at radius 1 is 1.45 bits per heavy atom. The van der Waals surface area contributed by atoms with Gasteiger partial charge in [-0.15, -0.1) is 0 Å². The summed E-state index contributed by atoms with van der Waals surface area (Å²) in [7, 11) is 0. The molecular formula is C15H19BrN2O2. The fourth-order valence-corrected chi connectivity index (χ4v) is 2.28. The van der Waals surface area contributed by atoms with Gasteiger partial charge in [0, 0.05) is 30.7 Å². The molecule has 0 bridgehead atoms. The number of carbonyl (C=O) groups is 1. The SMILES string of the molecule is C=C(Br)CNC(=O)C1CN(Cc2ccccc2)CCO1. The number of hydrogen-bond acceptors (Lipinski definition) is 3. The van der Waals surface area contributed by atoms with Crippen LogP contribution in [0.5, 0.6) is 0 Å². The van der Waals surface area contributed by atoms with Gasteiger partial charge in [0.15, 0.2) is 0 Å². The van der Waals surface area contributed by atoms with Crippen LogP contribution in [0.25, 0.3) is 0 Å². The van der Waals surface area contributed by atoms with Crippen molar-refractivity contribution in [1.82, 2.24) is 10.2 Å². The molecule has 0 aliphatic carbocycles. The number of carbonyl (C=O) groups excluding carboxylic acids is 1. The van der Waals surface area contributed by atoms with E-state index in [-0.39, 0.29) is 5.91 Å². The molecule has 1 amide bonds. The number of hydrogen-bond donors (Lipinski definition) is 1. The fraction of sp³-hybridized carbons (Fsp3) is 0.400. The average molecular weight is 339 g/mol. The summed E-state index contributed by atoms with van der Waals surface area (Å²) in [6.45, 7) is 7.02. The van der Waals surface area contributed by atoms with Crippen LogP contribution in [0.3, 0.4) is 0 Å². The maximum absolute atomic E-state index is 12.0. The highest BCUT2D eigenvalue weighted by Crippen LogP contribution is 2.10. The Kier molecular flexibility index (Phi) is 5.76. The number of rotatable bonds is 5. The maximum Gasteiger partial charge on any atom is 0.250 e. The Morgan fingerprint density at radius 2 is 2.20 bits per heavy atom. The highest BCUT2D eigenvalue weighted by atomic mass is 79.9. The smallest absolute Gasteiger partial charge is 0.250 e. The van der Waals surface area contributed by atoms with Crippen molar-refractivity contribution in [3.63, 3.8) is 0 Å². The first kappa shape index (κ1) is 15.2. The zero-order chi connectivity index (χ0) is 14.4. The Hall–Kier alpha value is -1.17. The second-order valence-corrected chi connectivity index (χ2v) is 5.94. The minimum absolute atomic E-state index is 0.0802. The van der Waals surface area contributed by atoms with E-state index < -0.39 is 6.10 Å². The number of halogens is 1. The van der Waals surface area contributed by atoms with Crippen molar-refractivity contribution in [3.8, 4) is 0 Å². The van der Waals surface area contributed by atoms with Crippen LogP contribution in [-0.4, -0.2) is 43.2 Å². The zero-order valence-electron chi connectivity index (χ0n) is 11.3. The average Bonchev–Trinajstić information content (AvgIpc) is 2.46. The molecule has 1 heterocycles. The van der Waals surface area contributed by atoms with Crippen LogP contribution in [0.4, 0.5) is 0 Å². The van der Waals surface area contributed by atoms with E-state index in [9.17, 15) is 4.79 Å². The minimum atomic E-state index is -0.403. The van der Waals surface area contributed by atoms with E-state index in [1.165, 1.54) is 5.56 Å². The van der Waals surface area contributed by atoms with Crippen LogP contribution in [-0.2, 0) is 16.1 Å². The molecule has 1 saturated heterocycles. The molecule has 0 spiro atoms. The Labute approximate surface area is 127 Å². The molecule has 1 aromatic carbocycles. The van der Waals surface area contributed by atoms with Gasteiger partial charge in [-0.25, -0.2) is 0 Å². The van der Waals surface area contributed by atoms with Gasteiger partial charge >= 0.3 is 0 Å². The van der Waals surface area contributed by atoms with Gasteiger partial charge in [-0.2, -0.15) is 0 Å². The van der Waals surface area contributed by atoms with Crippen molar-refractivity contribution in [2.75, 3.05) is 26.2 Å². The van der Waals surface area contributed by atoms with Crippen LogP contribution < -0.4 is 5.32 Å². The molecule has 1 aromatic rings. The summed E-state index contributed by atoms with van der Waals surface area (Å²) in [6, 6.07) is 10.3. The summed E-state index contributed by atoms with van der Waals surface area (Å²) >= 11 is 3.22. The fourth-order valence-electron chi connectivity index (χ4n) is 2.14. The van der Waals surface area contributed by atoms with Crippen LogP contribution in [0.15, 0.2) is 41.4 Å². The quantitative estimate of drug-likeness (QED) is 0.891. The van der Waals surface area contributed by atoms with Crippen molar-refractivity contribution >= 4 is 21.8 Å². The van der Waals surface area contributed by atoms with Gasteiger partial charge < -0.3 is 10.1 Å². The van der Waals surface area contributed by atoms with Gasteiger partial charge in [-0.3, -0.25) is 9.69 Å². The zero-order valence-corrected chi connectivity index (χ0v) is 12.9. The molecule has 1 N–H and O–H groups in total. The lowest BCUT2D eigenvalue weighted by Gasteiger charge is -2.32. The summed E-state index contributed by atoms with van der Waals surface area (Å²) in [6.07, 6.45) is -0.403. The van der Waals surface area contributed by atoms with Crippen molar-refractivity contribution in [2.45, 2.75) is 12.6 Å². The molecule has 20 heavy (non-hydrogen) atoms. The van der Waals surface area contributed by atoms with Crippen LogP contribution in [0, 0.1) is 0 Å². The number of nitrogens with zero attached hydrogens (tertiary/aromatic N) is 1. The number of amides is 1. The molecule has 1 atom stereocenters. The van der Waals surface area contributed by atoms with Gasteiger partial charge in [-0.1, -0.05) is 52.8 Å². The first-order valence-electron chi connectivity index (χ1n) is 6.64. The van der Waals surface area contributed by atoms with Gasteiger partial charge in [-0.05, 0) is 5.56 Å². The van der Waals surface area contributed by atoms with Crippen molar-refractivity contribution in [2.24, 2.45) is 0 Å². The highest BCUT2D eigenvalue weighted by molar-refractivity contribution is 9.11. The van der Waals surface area contributed by atoms with Gasteiger partial charge in [0.2, 0.25) is 0 Å². The molecule has 4 nitrogen and oxygen atoms in total. The topological polar surface area (TPSA) is 41.6 Å². The molecule has 1 aliphatic rings. The van der Waals surface area contributed by atoms with E-state index >= 15 is 0 Å². The highest BCUT2D eigenvalue weighted by Gasteiger charge is 2.26. The molecular weight excluding hydrogens is 320 g/mol. The van der Waals surface area contributed by atoms with Crippen LogP contribution >= 0.6 is 15.9 Å². The second-order valence-electron chi connectivity index (χ2n) is 4.82. The van der Waals surface area contributed by atoms with Gasteiger partial charge in [0.05, 0.1) is 6.61 Å². The van der Waals surface area contributed by atoms with Crippen molar-refractivity contribution in [1.29, 1.82) is 0 Å². The van der Waals surface area contributed by atoms with E-state index in [0.29, 0.717) is 19.7 Å². The maximum atomic E-state index is 12.0. The normalized spacial score (nSPS) is 19.6. The first-order chi connectivity index (χ1) is 9.65. The number of morpholine rings is 1. The largest absolute Gasteiger partial charge is 0.366 e. The lowest BCUT2D eigenvalue weighted by molar-refractivity contribution is -0.138. The number of benzene rings is 1. The predicted octanol–water partition coefficient (Wildman–Crippen LogP) is 1.91. The molecule has 5 heteroatoms. The summed E-state index contributed by atoms with van der Waals surface area (Å²) in [5, 5.41) is 2.80. The molecule has 0 saturated carbocycles. The van der Waals surface area contributed by atoms with Crippen LogP contribution in [0.1, 0.15) is 5.56 Å². The molecule has 1 aliphatic heterocycles. The summed E-state index contributed by atoms with van der Waals surface area (Å²) in [5.74, 6) is -0.0802. The standard InChI is InChI=1S/C15H19BrN2O2/c1-12(16)9-17-15(19)14-11-18(7-8-20-14)10-13-5-3-2-4-6-13/h2-6,14H,1,7-11H2,(H,17,19). The molecule has 2 rings (SSSR count). The third-order valence-electron chi connectivity index (χ3n) is 3.15. The minimum Gasteiger partial charge on any atom is -0.366 e. The number of nitrogens with one attached hydrogen (secondary N) is 1. The third kappa shape index (κ3) is 4.74. The molecule has 0 radical (unpaired) electrons. The van der Waals surface area contributed by atoms with E-state index in [4.69, 9.17) is 4.74 Å². The summed E-state index contributed by atoms with van der Waals surface area (Å²) in [5.41, 5.74) is 1.25. The van der Waals surface area contributed by atoms with Gasteiger partial charge in [0.25, 0.3) is 5.91 Å². The number of ether oxygens (including phenoxy) is 1. The van der Waals surface area contributed by atoms with Crippen LogP contribution in [0.2, 0.25) is 0 Å². The molecule has 108 valence electrons. The summed E-state index contributed by atoms with van der Waals surface area (Å²) < 4.78 is 6.29. The third-order valence-corrected chi connectivity index (χ3v) is 3.43.